The second kappa shape index (κ2) is 8.89. The summed E-state index contributed by atoms with van der Waals surface area (Å²) in [5, 5.41) is 5.30. The number of thioether (sulfide) groups is 1. The molecule has 2 N–H and O–H groups in total. The number of imide groups is 1. The van der Waals surface area contributed by atoms with E-state index in [9.17, 15) is 9.59 Å². The van der Waals surface area contributed by atoms with Gasteiger partial charge in [0.1, 0.15) is 0 Å². The van der Waals surface area contributed by atoms with E-state index in [2.05, 4.69) is 34.0 Å². The number of nitrogens with zero attached hydrogens (tertiary/aromatic N) is 2. The molecule has 1 aromatic carbocycles. The molecule has 0 saturated carbocycles. The number of imidazole rings is 1. The maximum atomic E-state index is 12.2. The number of fused-ring (bicyclic) bond motifs is 1. The second-order valence-corrected chi connectivity index (χ2v) is 7.63. The number of carbonyl (C=O) groups excluding carboxylic acids is 2. The minimum absolute atomic E-state index is 0.321. The molecule has 0 fully saturated rings. The highest BCUT2D eigenvalue weighted by Crippen LogP contribution is 2.28. The first-order chi connectivity index (χ1) is 11.9. The Morgan fingerprint density at radius 1 is 1.24 bits per heavy atom. The fourth-order valence-corrected chi connectivity index (χ4v) is 3.33. The standard InChI is InChI=1S/C18H26N4O2S/c1-5-19-17(24)21-16(23)13(4)25-18-20-14-8-6-7-9-15(14)22(18)11-10-12(2)3/h6-9,12-13H,5,10-11H2,1-4H3,(H2,19,21,23,24)/t13-/m1/s1. The van der Waals surface area contributed by atoms with Crippen molar-refractivity contribution in [1.82, 2.24) is 20.2 Å². The minimum atomic E-state index is -0.465. The van der Waals surface area contributed by atoms with Crippen LogP contribution in [0.2, 0.25) is 0 Å². The largest absolute Gasteiger partial charge is 0.338 e. The Kier molecular flexibility index (Phi) is 6.87. The second-order valence-electron chi connectivity index (χ2n) is 6.33. The molecule has 7 heteroatoms. The van der Waals surface area contributed by atoms with Gasteiger partial charge in [-0.05, 0) is 38.3 Å². The highest BCUT2D eigenvalue weighted by molar-refractivity contribution is 8.00. The van der Waals surface area contributed by atoms with Crippen molar-refractivity contribution < 1.29 is 9.59 Å². The number of carbonyl (C=O) groups is 2. The van der Waals surface area contributed by atoms with E-state index < -0.39 is 11.3 Å². The maximum Gasteiger partial charge on any atom is 0.321 e. The summed E-state index contributed by atoms with van der Waals surface area (Å²) in [6.07, 6.45) is 1.04. The van der Waals surface area contributed by atoms with Gasteiger partial charge in [-0.25, -0.2) is 9.78 Å². The van der Waals surface area contributed by atoms with Gasteiger partial charge in [0.15, 0.2) is 5.16 Å². The van der Waals surface area contributed by atoms with Crippen LogP contribution in [0.25, 0.3) is 11.0 Å². The molecular formula is C18H26N4O2S. The number of nitrogens with one attached hydrogen (secondary N) is 2. The van der Waals surface area contributed by atoms with E-state index in [1.165, 1.54) is 11.8 Å². The lowest BCUT2D eigenvalue weighted by atomic mass is 10.1. The summed E-state index contributed by atoms with van der Waals surface area (Å²) in [6.45, 7) is 9.30. The summed E-state index contributed by atoms with van der Waals surface area (Å²) in [6, 6.07) is 7.52. The fraction of sp³-hybridized carbons (Fsp3) is 0.500. The van der Waals surface area contributed by atoms with E-state index in [0.29, 0.717) is 12.5 Å². The molecule has 0 unspecified atom stereocenters. The molecule has 0 saturated heterocycles. The van der Waals surface area contributed by atoms with Crippen molar-refractivity contribution >= 4 is 34.7 Å². The smallest absolute Gasteiger partial charge is 0.321 e. The van der Waals surface area contributed by atoms with Crippen LogP contribution in [0.1, 0.15) is 34.1 Å². The van der Waals surface area contributed by atoms with Gasteiger partial charge in [-0.3, -0.25) is 10.1 Å². The molecule has 0 aliphatic heterocycles. The number of aromatic nitrogens is 2. The van der Waals surface area contributed by atoms with Gasteiger partial charge >= 0.3 is 6.03 Å². The van der Waals surface area contributed by atoms with Gasteiger partial charge in [0, 0.05) is 13.1 Å². The van der Waals surface area contributed by atoms with Gasteiger partial charge in [-0.2, -0.15) is 0 Å². The molecule has 2 rings (SSSR count). The Bertz CT molecular complexity index is 742. The number of aryl methyl sites for hydroxylation is 1. The predicted octanol–water partition coefficient (Wildman–Crippen LogP) is 3.41. The molecule has 25 heavy (non-hydrogen) atoms. The summed E-state index contributed by atoms with van der Waals surface area (Å²) in [5.74, 6) is 0.260. The quantitative estimate of drug-likeness (QED) is 0.740. The van der Waals surface area contributed by atoms with Crippen molar-refractivity contribution in [3.05, 3.63) is 24.3 Å². The van der Waals surface area contributed by atoms with Crippen LogP contribution in [0.5, 0.6) is 0 Å². The third kappa shape index (κ3) is 5.22. The van der Waals surface area contributed by atoms with Crippen LogP contribution >= 0.6 is 11.8 Å². The van der Waals surface area contributed by atoms with Gasteiger partial charge in [-0.1, -0.05) is 37.7 Å². The number of rotatable bonds is 7. The Labute approximate surface area is 152 Å². The van der Waals surface area contributed by atoms with Crippen LogP contribution in [0.4, 0.5) is 4.79 Å². The molecule has 0 spiro atoms. The van der Waals surface area contributed by atoms with Gasteiger partial charge in [0.25, 0.3) is 0 Å². The molecule has 3 amide bonds. The molecule has 0 bridgehead atoms. The van der Waals surface area contributed by atoms with Crippen LogP contribution in [0, 0.1) is 5.92 Å². The van der Waals surface area contributed by atoms with Crippen molar-refractivity contribution in [3.63, 3.8) is 0 Å². The number of hydrogen-bond acceptors (Lipinski definition) is 4. The fourth-order valence-electron chi connectivity index (χ4n) is 2.38. The number of hydrogen-bond donors (Lipinski definition) is 2. The van der Waals surface area contributed by atoms with Crippen LogP contribution in [-0.2, 0) is 11.3 Å². The molecule has 1 heterocycles. The zero-order valence-corrected chi connectivity index (χ0v) is 16.0. The molecule has 1 atom stereocenters. The topological polar surface area (TPSA) is 76.0 Å². The Balaban J connectivity index is 2.17. The van der Waals surface area contributed by atoms with Crippen molar-refractivity contribution in [2.75, 3.05) is 6.54 Å². The lowest BCUT2D eigenvalue weighted by molar-refractivity contribution is -0.119. The summed E-state index contributed by atoms with van der Waals surface area (Å²) < 4.78 is 2.16. The van der Waals surface area contributed by atoms with Crippen LogP contribution < -0.4 is 10.6 Å². The van der Waals surface area contributed by atoms with Gasteiger partial charge in [-0.15, -0.1) is 0 Å². The van der Waals surface area contributed by atoms with E-state index in [-0.39, 0.29) is 5.91 Å². The van der Waals surface area contributed by atoms with Gasteiger partial charge in [0.2, 0.25) is 5.91 Å². The highest BCUT2D eigenvalue weighted by atomic mass is 32.2. The van der Waals surface area contributed by atoms with Crippen molar-refractivity contribution in [2.24, 2.45) is 5.92 Å². The molecule has 2 aromatic rings. The average molecular weight is 362 g/mol. The van der Waals surface area contributed by atoms with Crippen LogP contribution in [0.3, 0.4) is 0 Å². The number of benzene rings is 1. The normalized spacial score (nSPS) is 12.4. The molecule has 6 nitrogen and oxygen atoms in total. The first-order valence-corrected chi connectivity index (χ1v) is 9.51. The summed E-state index contributed by atoms with van der Waals surface area (Å²) in [5.41, 5.74) is 1.99. The Morgan fingerprint density at radius 3 is 2.64 bits per heavy atom. The number of urea groups is 1. The highest BCUT2D eigenvalue weighted by Gasteiger charge is 2.21. The number of para-hydroxylation sites is 2. The first-order valence-electron chi connectivity index (χ1n) is 8.63. The third-order valence-corrected chi connectivity index (χ3v) is 4.87. The molecule has 1 aromatic heterocycles. The van der Waals surface area contributed by atoms with Crippen molar-refractivity contribution in [1.29, 1.82) is 0 Å². The zero-order chi connectivity index (χ0) is 18.4. The minimum Gasteiger partial charge on any atom is -0.338 e. The van der Waals surface area contributed by atoms with E-state index in [0.717, 1.165) is 29.2 Å². The number of amides is 3. The van der Waals surface area contributed by atoms with Crippen LogP contribution in [-0.4, -0.2) is 33.3 Å². The Hall–Kier alpha value is -2.02. The summed E-state index contributed by atoms with van der Waals surface area (Å²) in [7, 11) is 0. The SMILES string of the molecule is CCNC(=O)NC(=O)[C@@H](C)Sc1nc2ccccc2n1CCC(C)C. The van der Waals surface area contributed by atoms with E-state index in [4.69, 9.17) is 0 Å². The van der Waals surface area contributed by atoms with E-state index in [1.807, 2.05) is 24.3 Å². The third-order valence-electron chi connectivity index (χ3n) is 3.78. The average Bonchev–Trinajstić information content (AvgIpc) is 2.90. The van der Waals surface area contributed by atoms with Crippen LogP contribution in [0.15, 0.2) is 29.4 Å². The summed E-state index contributed by atoms with van der Waals surface area (Å²) >= 11 is 1.38. The molecule has 0 radical (unpaired) electrons. The Morgan fingerprint density at radius 2 is 1.96 bits per heavy atom. The lowest BCUT2D eigenvalue weighted by Crippen LogP contribution is -2.42. The first kappa shape index (κ1) is 19.3. The molecular weight excluding hydrogens is 336 g/mol. The van der Waals surface area contributed by atoms with Gasteiger partial charge in [0.05, 0.1) is 16.3 Å². The van der Waals surface area contributed by atoms with E-state index in [1.54, 1.807) is 13.8 Å². The van der Waals surface area contributed by atoms with Gasteiger partial charge < -0.3 is 9.88 Å². The lowest BCUT2D eigenvalue weighted by Gasteiger charge is -2.14. The monoisotopic (exact) mass is 362 g/mol. The molecule has 0 aliphatic carbocycles. The molecule has 136 valence electrons. The summed E-state index contributed by atoms with van der Waals surface area (Å²) in [4.78, 5) is 28.4. The zero-order valence-electron chi connectivity index (χ0n) is 15.2. The predicted molar refractivity (Wildman–Crippen MR) is 102 cm³/mol. The maximum absolute atomic E-state index is 12.2. The van der Waals surface area contributed by atoms with Crippen molar-refractivity contribution in [2.45, 2.75) is 51.1 Å². The molecule has 0 aliphatic rings. The van der Waals surface area contributed by atoms with Crippen molar-refractivity contribution in [3.8, 4) is 0 Å². The van der Waals surface area contributed by atoms with E-state index >= 15 is 0 Å².